The highest BCUT2D eigenvalue weighted by molar-refractivity contribution is 5.81. The first-order chi connectivity index (χ1) is 6.34. The van der Waals surface area contributed by atoms with Gasteiger partial charge >= 0.3 is 0 Å². The average molecular weight is 183 g/mol. The van der Waals surface area contributed by atoms with Crippen LogP contribution in [-0.2, 0) is 14.3 Å². The zero-order valence-electron chi connectivity index (χ0n) is 7.63. The molecular weight excluding hydrogens is 170 g/mol. The highest BCUT2D eigenvalue weighted by Gasteiger charge is 2.21. The Labute approximate surface area is 77.6 Å². The minimum Gasteiger partial charge on any atom is -0.376 e. The molecular formula is C9H13NO3. The van der Waals surface area contributed by atoms with Crippen LogP contribution in [0.1, 0.15) is 6.92 Å². The van der Waals surface area contributed by atoms with Gasteiger partial charge in [0.25, 0.3) is 5.91 Å². The molecule has 0 aromatic heterocycles. The second-order valence-electron chi connectivity index (χ2n) is 2.58. The molecule has 0 aromatic carbocycles. The van der Waals surface area contributed by atoms with Crippen LogP contribution in [0.15, 0.2) is 0 Å². The Morgan fingerprint density at radius 3 is 3.08 bits per heavy atom. The van der Waals surface area contributed by atoms with Gasteiger partial charge in [0, 0.05) is 0 Å². The molecule has 1 saturated heterocycles. The van der Waals surface area contributed by atoms with E-state index in [2.05, 4.69) is 17.2 Å². The molecule has 1 rings (SSSR count). The SMILES string of the molecule is CC#CCNC(=O)C1COCCO1. The number of rotatable bonds is 2. The number of carbonyl (C=O) groups is 1. The van der Waals surface area contributed by atoms with E-state index in [0.717, 1.165) is 0 Å². The van der Waals surface area contributed by atoms with Crippen molar-refractivity contribution in [3.63, 3.8) is 0 Å². The molecule has 1 atom stereocenters. The van der Waals surface area contributed by atoms with Gasteiger partial charge in [-0.3, -0.25) is 4.79 Å². The summed E-state index contributed by atoms with van der Waals surface area (Å²) in [6.07, 6.45) is -0.465. The molecule has 0 spiro atoms. The smallest absolute Gasteiger partial charge is 0.252 e. The van der Waals surface area contributed by atoms with E-state index in [1.165, 1.54) is 0 Å². The molecule has 4 nitrogen and oxygen atoms in total. The van der Waals surface area contributed by atoms with E-state index in [-0.39, 0.29) is 5.91 Å². The predicted molar refractivity (Wildman–Crippen MR) is 47.0 cm³/mol. The van der Waals surface area contributed by atoms with Crippen LogP contribution < -0.4 is 5.32 Å². The largest absolute Gasteiger partial charge is 0.376 e. The molecule has 1 heterocycles. The summed E-state index contributed by atoms with van der Waals surface area (Å²) in [7, 11) is 0. The second kappa shape index (κ2) is 5.57. The summed E-state index contributed by atoms with van der Waals surface area (Å²) < 4.78 is 10.3. The highest BCUT2D eigenvalue weighted by Crippen LogP contribution is 1.99. The number of amides is 1. The lowest BCUT2D eigenvalue weighted by atomic mass is 10.3. The first kappa shape index (κ1) is 10.0. The van der Waals surface area contributed by atoms with Crippen molar-refractivity contribution < 1.29 is 14.3 Å². The zero-order valence-corrected chi connectivity index (χ0v) is 7.63. The van der Waals surface area contributed by atoms with Gasteiger partial charge in [-0.05, 0) is 6.92 Å². The molecule has 0 aliphatic carbocycles. The van der Waals surface area contributed by atoms with Crippen molar-refractivity contribution in [1.82, 2.24) is 5.32 Å². The molecule has 0 radical (unpaired) electrons. The summed E-state index contributed by atoms with van der Waals surface area (Å²) in [6.45, 7) is 3.49. The molecule has 1 aliphatic rings. The Balaban J connectivity index is 2.23. The maximum atomic E-state index is 11.3. The zero-order chi connectivity index (χ0) is 9.52. The Kier molecular flexibility index (Phi) is 4.30. The van der Waals surface area contributed by atoms with Crippen molar-refractivity contribution in [2.75, 3.05) is 26.4 Å². The molecule has 1 aliphatic heterocycles. The fraction of sp³-hybridized carbons (Fsp3) is 0.667. The fourth-order valence-corrected chi connectivity index (χ4v) is 0.973. The van der Waals surface area contributed by atoms with Gasteiger partial charge in [-0.2, -0.15) is 0 Å². The Morgan fingerprint density at radius 2 is 2.46 bits per heavy atom. The molecule has 1 fully saturated rings. The van der Waals surface area contributed by atoms with Crippen molar-refractivity contribution in [2.24, 2.45) is 0 Å². The molecule has 1 N–H and O–H groups in total. The number of hydrogen-bond donors (Lipinski definition) is 1. The number of carbonyl (C=O) groups excluding carboxylic acids is 1. The average Bonchev–Trinajstić information content (AvgIpc) is 2.19. The summed E-state index contributed by atoms with van der Waals surface area (Å²) in [5.74, 6) is 5.28. The van der Waals surface area contributed by atoms with Crippen LogP contribution >= 0.6 is 0 Å². The van der Waals surface area contributed by atoms with E-state index < -0.39 is 6.10 Å². The molecule has 0 aromatic rings. The van der Waals surface area contributed by atoms with Crippen LogP contribution in [0.5, 0.6) is 0 Å². The highest BCUT2D eigenvalue weighted by atomic mass is 16.6. The lowest BCUT2D eigenvalue weighted by Crippen LogP contribution is -2.42. The Bertz CT molecular complexity index is 223. The van der Waals surface area contributed by atoms with Crippen molar-refractivity contribution in [1.29, 1.82) is 0 Å². The van der Waals surface area contributed by atoms with Gasteiger partial charge in [-0.25, -0.2) is 0 Å². The second-order valence-corrected chi connectivity index (χ2v) is 2.58. The molecule has 0 bridgehead atoms. The van der Waals surface area contributed by atoms with Crippen LogP contribution in [0, 0.1) is 11.8 Å². The monoisotopic (exact) mass is 183 g/mol. The normalized spacial score (nSPS) is 21.5. The third-order valence-corrected chi connectivity index (χ3v) is 1.64. The van der Waals surface area contributed by atoms with Crippen LogP contribution in [0.25, 0.3) is 0 Å². The lowest BCUT2D eigenvalue weighted by molar-refractivity contribution is -0.147. The van der Waals surface area contributed by atoms with Crippen LogP contribution in [0.3, 0.4) is 0 Å². The minimum atomic E-state index is -0.465. The van der Waals surface area contributed by atoms with Gasteiger partial charge in [0.1, 0.15) is 0 Å². The van der Waals surface area contributed by atoms with Crippen molar-refractivity contribution >= 4 is 5.91 Å². The van der Waals surface area contributed by atoms with Crippen molar-refractivity contribution in [3.8, 4) is 11.8 Å². The molecule has 1 unspecified atom stereocenters. The topological polar surface area (TPSA) is 47.6 Å². The number of nitrogens with one attached hydrogen (secondary N) is 1. The van der Waals surface area contributed by atoms with Crippen molar-refractivity contribution in [3.05, 3.63) is 0 Å². The van der Waals surface area contributed by atoms with Gasteiger partial charge in [-0.15, -0.1) is 5.92 Å². The number of ether oxygens (including phenoxy) is 2. The van der Waals surface area contributed by atoms with Crippen LogP contribution in [0.2, 0.25) is 0 Å². The van der Waals surface area contributed by atoms with Gasteiger partial charge in [0.05, 0.1) is 26.4 Å². The molecule has 72 valence electrons. The molecule has 4 heteroatoms. The van der Waals surface area contributed by atoms with E-state index in [0.29, 0.717) is 26.4 Å². The van der Waals surface area contributed by atoms with Gasteiger partial charge in [0.2, 0.25) is 0 Å². The lowest BCUT2D eigenvalue weighted by Gasteiger charge is -2.21. The van der Waals surface area contributed by atoms with Crippen LogP contribution in [-0.4, -0.2) is 38.4 Å². The maximum absolute atomic E-state index is 11.3. The summed E-state index contributed by atoms with van der Waals surface area (Å²) in [6, 6.07) is 0. The van der Waals surface area contributed by atoms with Gasteiger partial charge < -0.3 is 14.8 Å². The van der Waals surface area contributed by atoms with E-state index in [4.69, 9.17) is 9.47 Å². The quantitative estimate of drug-likeness (QED) is 0.589. The standard InChI is InChI=1S/C9H13NO3/c1-2-3-4-10-9(11)8-7-12-5-6-13-8/h8H,4-7H2,1H3,(H,10,11). The predicted octanol–water partition coefficient (Wildman–Crippen LogP) is -0.459. The Hall–Kier alpha value is -1.05. The summed E-state index contributed by atoms with van der Waals surface area (Å²) in [5, 5.41) is 2.64. The summed E-state index contributed by atoms with van der Waals surface area (Å²) in [4.78, 5) is 11.3. The third-order valence-electron chi connectivity index (χ3n) is 1.64. The van der Waals surface area contributed by atoms with Gasteiger partial charge in [-0.1, -0.05) is 5.92 Å². The van der Waals surface area contributed by atoms with Gasteiger partial charge in [0.15, 0.2) is 6.10 Å². The van der Waals surface area contributed by atoms with E-state index in [9.17, 15) is 4.79 Å². The fourth-order valence-electron chi connectivity index (χ4n) is 0.973. The third kappa shape index (κ3) is 3.45. The summed E-state index contributed by atoms with van der Waals surface area (Å²) in [5.41, 5.74) is 0. The molecule has 13 heavy (non-hydrogen) atoms. The van der Waals surface area contributed by atoms with Crippen LogP contribution in [0.4, 0.5) is 0 Å². The first-order valence-electron chi connectivity index (χ1n) is 4.21. The number of hydrogen-bond acceptors (Lipinski definition) is 3. The van der Waals surface area contributed by atoms with E-state index >= 15 is 0 Å². The maximum Gasteiger partial charge on any atom is 0.252 e. The summed E-state index contributed by atoms with van der Waals surface area (Å²) >= 11 is 0. The van der Waals surface area contributed by atoms with Crippen molar-refractivity contribution in [2.45, 2.75) is 13.0 Å². The first-order valence-corrected chi connectivity index (χ1v) is 4.21. The van der Waals surface area contributed by atoms with E-state index in [1.807, 2.05) is 0 Å². The van der Waals surface area contributed by atoms with E-state index in [1.54, 1.807) is 6.92 Å². The molecule has 0 saturated carbocycles. The molecule has 1 amide bonds. The minimum absolute atomic E-state index is 0.151. The Morgan fingerprint density at radius 1 is 1.62 bits per heavy atom.